The third kappa shape index (κ3) is 4.82. The Kier molecular flexibility index (Phi) is 5.66. The number of aromatic nitrogens is 2. The fraction of sp³-hybridized carbons (Fsp3) is 0.389. The van der Waals surface area contributed by atoms with Crippen LogP contribution in [-0.4, -0.2) is 40.1 Å². The Hall–Kier alpha value is -2.83. The number of carbonyl (C=O) groups is 2. The van der Waals surface area contributed by atoms with Crippen molar-refractivity contribution in [3.05, 3.63) is 48.3 Å². The number of benzene rings is 1. The highest BCUT2D eigenvalue weighted by Gasteiger charge is 2.23. The molecule has 0 saturated carbocycles. The van der Waals surface area contributed by atoms with Crippen LogP contribution in [0.1, 0.15) is 37.3 Å². The van der Waals surface area contributed by atoms with Gasteiger partial charge in [0, 0.05) is 25.7 Å². The highest BCUT2D eigenvalue weighted by molar-refractivity contribution is 5.89. The van der Waals surface area contributed by atoms with Crippen molar-refractivity contribution >= 4 is 17.6 Å². The topological polar surface area (TPSA) is 90.1 Å². The summed E-state index contributed by atoms with van der Waals surface area (Å²) in [6, 6.07) is 9.14. The zero-order valence-electron chi connectivity index (χ0n) is 14.1. The number of H-pyrrole nitrogens is 1. The molecule has 1 aliphatic heterocycles. The van der Waals surface area contributed by atoms with Gasteiger partial charge in [-0.2, -0.15) is 5.10 Å². The molecule has 2 heterocycles. The van der Waals surface area contributed by atoms with Crippen molar-refractivity contribution in [3.63, 3.8) is 0 Å². The first-order chi connectivity index (χ1) is 12.2. The average molecular weight is 341 g/mol. The van der Waals surface area contributed by atoms with Crippen molar-refractivity contribution in [1.29, 1.82) is 0 Å². The molecule has 1 aliphatic rings. The molecule has 1 fully saturated rings. The van der Waals surface area contributed by atoms with Crippen LogP contribution in [0.3, 0.4) is 0 Å². The van der Waals surface area contributed by atoms with Gasteiger partial charge in [0.1, 0.15) is 0 Å². The molecular formula is C18H23N5O2. The van der Waals surface area contributed by atoms with E-state index >= 15 is 0 Å². The fourth-order valence-electron chi connectivity index (χ4n) is 3.02. The summed E-state index contributed by atoms with van der Waals surface area (Å²) in [6.45, 7) is 1.22. The quantitative estimate of drug-likeness (QED) is 0.781. The molecule has 1 aromatic carbocycles. The van der Waals surface area contributed by atoms with Gasteiger partial charge in [-0.3, -0.25) is 9.89 Å². The van der Waals surface area contributed by atoms with Crippen molar-refractivity contribution in [2.24, 2.45) is 0 Å². The van der Waals surface area contributed by atoms with Crippen molar-refractivity contribution in [2.45, 2.75) is 31.7 Å². The Morgan fingerprint density at radius 2 is 2.08 bits per heavy atom. The zero-order valence-corrected chi connectivity index (χ0v) is 14.1. The third-order valence-electron chi connectivity index (χ3n) is 4.34. The van der Waals surface area contributed by atoms with Crippen molar-refractivity contribution in [1.82, 2.24) is 20.4 Å². The van der Waals surface area contributed by atoms with Gasteiger partial charge in [0.2, 0.25) is 5.91 Å². The van der Waals surface area contributed by atoms with Gasteiger partial charge in [-0.05, 0) is 18.4 Å². The number of hydrogen-bond acceptors (Lipinski definition) is 3. The van der Waals surface area contributed by atoms with Crippen LogP contribution in [0, 0.1) is 0 Å². The number of nitrogens with zero attached hydrogens (tertiary/aromatic N) is 2. The summed E-state index contributed by atoms with van der Waals surface area (Å²) < 4.78 is 0. The van der Waals surface area contributed by atoms with Gasteiger partial charge in [-0.15, -0.1) is 0 Å². The van der Waals surface area contributed by atoms with Crippen molar-refractivity contribution in [2.75, 3.05) is 18.4 Å². The first kappa shape index (κ1) is 17.0. The van der Waals surface area contributed by atoms with Crippen LogP contribution in [0.25, 0.3) is 0 Å². The van der Waals surface area contributed by atoms with Gasteiger partial charge in [-0.1, -0.05) is 36.8 Å². The van der Waals surface area contributed by atoms with Gasteiger partial charge in [0.25, 0.3) is 0 Å². The lowest BCUT2D eigenvalue weighted by Crippen LogP contribution is -2.42. The molecule has 0 unspecified atom stereocenters. The molecule has 7 heteroatoms. The Balaban J connectivity index is 1.70. The predicted molar refractivity (Wildman–Crippen MR) is 95.0 cm³/mol. The van der Waals surface area contributed by atoms with Gasteiger partial charge >= 0.3 is 6.03 Å². The zero-order chi connectivity index (χ0) is 17.5. The number of amides is 3. The number of likely N-dealkylation sites (tertiary alicyclic amines) is 1. The van der Waals surface area contributed by atoms with E-state index in [1.807, 2.05) is 35.2 Å². The van der Waals surface area contributed by atoms with Crippen LogP contribution in [-0.2, 0) is 4.79 Å². The molecule has 3 amide bonds. The second-order valence-corrected chi connectivity index (χ2v) is 6.20. The van der Waals surface area contributed by atoms with Gasteiger partial charge in [-0.25, -0.2) is 4.79 Å². The number of hydrogen-bond donors (Lipinski definition) is 3. The summed E-state index contributed by atoms with van der Waals surface area (Å²) in [5.41, 5.74) is 1.57. The monoisotopic (exact) mass is 341 g/mol. The first-order valence-corrected chi connectivity index (χ1v) is 8.61. The predicted octanol–water partition coefficient (Wildman–Crippen LogP) is 2.68. The van der Waals surface area contributed by atoms with E-state index in [-0.39, 0.29) is 18.0 Å². The van der Waals surface area contributed by atoms with E-state index < -0.39 is 0 Å². The first-order valence-electron chi connectivity index (χ1n) is 8.61. The number of rotatable bonds is 5. The lowest BCUT2D eigenvalue weighted by Gasteiger charge is -2.27. The summed E-state index contributed by atoms with van der Waals surface area (Å²) >= 11 is 0. The number of nitrogens with one attached hydrogen (secondary N) is 3. The average Bonchev–Trinajstić information content (AvgIpc) is 3.04. The van der Waals surface area contributed by atoms with Crippen molar-refractivity contribution < 1.29 is 9.59 Å². The van der Waals surface area contributed by atoms with E-state index in [2.05, 4.69) is 20.8 Å². The molecule has 1 aromatic heterocycles. The normalized spacial score (nSPS) is 16.2. The molecule has 132 valence electrons. The summed E-state index contributed by atoms with van der Waals surface area (Å²) in [6.07, 6.45) is 6.76. The standard InChI is InChI=1S/C18H23N5O2/c24-17-9-5-2-6-10-23(17)13-16(14-7-3-1-4-8-14)22-18(25)21-15-11-19-20-12-15/h1,3-4,7-8,11-12,16H,2,5-6,9-10,13H2,(H,19,20)(H2,21,22,25)/t16-/m0/s1. The molecule has 0 aliphatic carbocycles. The lowest BCUT2D eigenvalue weighted by molar-refractivity contribution is -0.131. The van der Waals surface area contributed by atoms with Crippen LogP contribution in [0.2, 0.25) is 0 Å². The van der Waals surface area contributed by atoms with Crippen LogP contribution in [0.15, 0.2) is 42.7 Å². The van der Waals surface area contributed by atoms with E-state index in [9.17, 15) is 9.59 Å². The molecular weight excluding hydrogens is 318 g/mol. The SMILES string of the molecule is O=C(Nc1cn[nH]c1)N[C@@H](CN1CCCCCC1=O)c1ccccc1. The minimum atomic E-state index is -0.322. The number of urea groups is 1. The molecule has 1 saturated heterocycles. The highest BCUT2D eigenvalue weighted by atomic mass is 16.2. The second-order valence-electron chi connectivity index (χ2n) is 6.20. The minimum Gasteiger partial charge on any atom is -0.340 e. The fourth-order valence-corrected chi connectivity index (χ4v) is 3.02. The van der Waals surface area contributed by atoms with E-state index in [1.165, 1.54) is 6.20 Å². The van der Waals surface area contributed by atoms with Gasteiger partial charge < -0.3 is 15.5 Å². The third-order valence-corrected chi connectivity index (χ3v) is 4.34. The molecule has 3 rings (SSSR count). The van der Waals surface area contributed by atoms with Crippen molar-refractivity contribution in [3.8, 4) is 0 Å². The van der Waals surface area contributed by atoms with E-state index in [0.717, 1.165) is 31.4 Å². The van der Waals surface area contributed by atoms with Crippen LogP contribution in [0.5, 0.6) is 0 Å². The lowest BCUT2D eigenvalue weighted by atomic mass is 10.1. The summed E-state index contributed by atoms with van der Waals surface area (Å²) in [4.78, 5) is 26.5. The molecule has 25 heavy (non-hydrogen) atoms. The number of carbonyl (C=O) groups excluding carboxylic acids is 2. The Morgan fingerprint density at radius 1 is 1.24 bits per heavy atom. The highest BCUT2D eigenvalue weighted by Crippen LogP contribution is 2.18. The van der Waals surface area contributed by atoms with E-state index in [4.69, 9.17) is 0 Å². The Morgan fingerprint density at radius 3 is 2.84 bits per heavy atom. The number of aromatic amines is 1. The summed E-state index contributed by atoms with van der Waals surface area (Å²) in [5.74, 6) is 0.162. The summed E-state index contributed by atoms with van der Waals surface area (Å²) in [5, 5.41) is 12.2. The Bertz CT molecular complexity index is 687. The van der Waals surface area contributed by atoms with Gasteiger partial charge in [0.15, 0.2) is 0 Å². The molecule has 2 aromatic rings. The smallest absolute Gasteiger partial charge is 0.319 e. The second kappa shape index (κ2) is 8.32. The molecule has 7 nitrogen and oxygen atoms in total. The largest absolute Gasteiger partial charge is 0.340 e. The molecule has 0 bridgehead atoms. The van der Waals surface area contributed by atoms with Crippen LogP contribution in [0.4, 0.5) is 10.5 Å². The summed E-state index contributed by atoms with van der Waals surface area (Å²) in [7, 11) is 0. The molecule has 0 radical (unpaired) electrons. The molecule has 1 atom stereocenters. The molecule has 3 N–H and O–H groups in total. The van der Waals surface area contributed by atoms with Gasteiger partial charge in [0.05, 0.1) is 17.9 Å². The maximum Gasteiger partial charge on any atom is 0.319 e. The van der Waals surface area contributed by atoms with E-state index in [0.29, 0.717) is 18.7 Å². The van der Waals surface area contributed by atoms with Crippen LogP contribution < -0.4 is 10.6 Å². The minimum absolute atomic E-state index is 0.162. The Labute approximate surface area is 146 Å². The maximum absolute atomic E-state index is 12.3. The van der Waals surface area contributed by atoms with E-state index in [1.54, 1.807) is 6.20 Å². The van der Waals surface area contributed by atoms with Crippen LogP contribution >= 0.6 is 0 Å². The number of anilines is 1. The maximum atomic E-state index is 12.3. The molecule has 0 spiro atoms.